The molecule has 2 nitrogen and oxygen atoms in total. The fraction of sp³-hybridized carbons (Fsp3) is 0.429. The van der Waals surface area contributed by atoms with Crippen molar-refractivity contribution in [2.45, 2.75) is 20.1 Å². The first-order valence-electron chi connectivity index (χ1n) is 2.76. The summed E-state index contributed by atoms with van der Waals surface area (Å²) < 4.78 is 4.73. The number of aliphatic hydroxyl groups is 1. The molecule has 9 heavy (non-hydrogen) atoms. The Kier molecular flexibility index (Phi) is 3.80. The first-order valence-corrected chi connectivity index (χ1v) is 2.76. The molecule has 2 heteroatoms. The lowest BCUT2D eigenvalue weighted by Gasteiger charge is -2.03. The van der Waals surface area contributed by atoms with Crippen LogP contribution in [0.4, 0.5) is 0 Å². The second-order valence-electron chi connectivity index (χ2n) is 1.96. The van der Waals surface area contributed by atoms with Crippen molar-refractivity contribution in [3.8, 4) is 0 Å². The number of ether oxygens (including phenoxy) is 1. The zero-order valence-electron chi connectivity index (χ0n) is 5.79. The van der Waals surface area contributed by atoms with Gasteiger partial charge in [-0.15, -0.1) is 0 Å². The molecule has 52 valence electrons. The third-order valence-corrected chi connectivity index (χ3v) is 0.645. The van der Waals surface area contributed by atoms with E-state index in [2.05, 4.69) is 6.58 Å². The van der Waals surface area contributed by atoms with Gasteiger partial charge in [0.05, 0.1) is 6.26 Å². The van der Waals surface area contributed by atoms with E-state index in [1.54, 1.807) is 0 Å². The molecule has 0 saturated carbocycles. The molecule has 1 N–H and O–H groups in total. The Labute approximate surface area is 55.5 Å². The number of hydrogen-bond donors (Lipinski definition) is 1. The lowest BCUT2D eigenvalue weighted by atomic mass is 10.4. The maximum absolute atomic E-state index is 8.72. The summed E-state index contributed by atoms with van der Waals surface area (Å²) >= 11 is 0. The molecule has 1 unspecified atom stereocenters. The summed E-state index contributed by atoms with van der Waals surface area (Å²) in [5.41, 5.74) is 1.01. The Morgan fingerprint density at radius 2 is 2.22 bits per heavy atom. The SMILES string of the molecule is C=CC(O)OC=C(C)C. The van der Waals surface area contributed by atoms with E-state index in [4.69, 9.17) is 9.84 Å². The molecule has 0 bridgehead atoms. The Bertz CT molecular complexity index is 112. The molecule has 0 fully saturated rings. The average Bonchev–Trinajstić information content (AvgIpc) is 1.83. The van der Waals surface area contributed by atoms with Crippen LogP contribution in [0.2, 0.25) is 0 Å². The predicted molar refractivity (Wildman–Crippen MR) is 36.7 cm³/mol. The van der Waals surface area contributed by atoms with Crippen LogP contribution < -0.4 is 0 Å². The van der Waals surface area contributed by atoms with Crippen LogP contribution in [0.3, 0.4) is 0 Å². The molecule has 0 aromatic carbocycles. The van der Waals surface area contributed by atoms with Gasteiger partial charge in [0.1, 0.15) is 0 Å². The second kappa shape index (κ2) is 4.15. The van der Waals surface area contributed by atoms with Crippen LogP contribution in [0.15, 0.2) is 24.5 Å². The van der Waals surface area contributed by atoms with E-state index in [0.29, 0.717) is 0 Å². The number of hydrogen-bond acceptors (Lipinski definition) is 2. The van der Waals surface area contributed by atoms with Crippen molar-refractivity contribution in [1.29, 1.82) is 0 Å². The van der Waals surface area contributed by atoms with Gasteiger partial charge < -0.3 is 9.84 Å². The Hall–Kier alpha value is -0.760. The van der Waals surface area contributed by atoms with Crippen LogP contribution in [0.5, 0.6) is 0 Å². The van der Waals surface area contributed by atoms with Gasteiger partial charge >= 0.3 is 0 Å². The van der Waals surface area contributed by atoms with Crippen molar-refractivity contribution in [1.82, 2.24) is 0 Å². The van der Waals surface area contributed by atoms with Crippen molar-refractivity contribution in [3.05, 3.63) is 24.5 Å². The van der Waals surface area contributed by atoms with E-state index in [1.165, 1.54) is 12.3 Å². The highest BCUT2D eigenvalue weighted by molar-refractivity contribution is 4.87. The van der Waals surface area contributed by atoms with Gasteiger partial charge in [0.2, 0.25) is 6.29 Å². The maximum atomic E-state index is 8.72. The van der Waals surface area contributed by atoms with Crippen LogP contribution >= 0.6 is 0 Å². The normalized spacial score (nSPS) is 11.9. The zero-order chi connectivity index (χ0) is 7.28. The predicted octanol–water partition coefficient (Wildman–Crippen LogP) is 1.43. The molecule has 0 aliphatic carbocycles. The van der Waals surface area contributed by atoms with E-state index in [0.717, 1.165) is 5.57 Å². The minimum absolute atomic E-state index is 0.875. The summed E-state index contributed by atoms with van der Waals surface area (Å²) in [6.45, 7) is 7.10. The molecule has 0 aliphatic rings. The Morgan fingerprint density at radius 3 is 2.56 bits per heavy atom. The van der Waals surface area contributed by atoms with E-state index in [9.17, 15) is 0 Å². The maximum Gasteiger partial charge on any atom is 0.216 e. The Morgan fingerprint density at radius 1 is 1.67 bits per heavy atom. The van der Waals surface area contributed by atoms with Crippen molar-refractivity contribution >= 4 is 0 Å². The second-order valence-corrected chi connectivity index (χ2v) is 1.96. The summed E-state index contributed by atoms with van der Waals surface area (Å²) in [6, 6.07) is 0. The van der Waals surface area contributed by atoms with Gasteiger partial charge in [0.25, 0.3) is 0 Å². The Balaban J connectivity index is 3.49. The van der Waals surface area contributed by atoms with Gasteiger partial charge in [-0.1, -0.05) is 6.58 Å². The monoisotopic (exact) mass is 128 g/mol. The lowest BCUT2D eigenvalue weighted by Crippen LogP contribution is -2.02. The van der Waals surface area contributed by atoms with Crippen molar-refractivity contribution in [3.63, 3.8) is 0 Å². The lowest BCUT2D eigenvalue weighted by molar-refractivity contribution is -0.0116. The molecule has 0 amide bonds. The summed E-state index contributed by atoms with van der Waals surface area (Å²) in [4.78, 5) is 0. The highest BCUT2D eigenvalue weighted by atomic mass is 16.6. The van der Waals surface area contributed by atoms with Gasteiger partial charge in [-0.05, 0) is 25.5 Å². The fourth-order valence-electron chi connectivity index (χ4n) is 0.261. The molecule has 0 radical (unpaired) electrons. The van der Waals surface area contributed by atoms with E-state index in [1.807, 2.05) is 13.8 Å². The van der Waals surface area contributed by atoms with Crippen molar-refractivity contribution in [2.24, 2.45) is 0 Å². The highest BCUT2D eigenvalue weighted by Gasteiger charge is 1.90. The summed E-state index contributed by atoms with van der Waals surface area (Å²) in [5.74, 6) is 0. The largest absolute Gasteiger partial charge is 0.469 e. The van der Waals surface area contributed by atoms with Crippen molar-refractivity contribution < 1.29 is 9.84 Å². The van der Waals surface area contributed by atoms with E-state index in [-0.39, 0.29) is 0 Å². The molecule has 0 rings (SSSR count). The highest BCUT2D eigenvalue weighted by Crippen LogP contribution is 1.93. The van der Waals surface area contributed by atoms with Gasteiger partial charge in [0.15, 0.2) is 0 Å². The first kappa shape index (κ1) is 8.24. The summed E-state index contributed by atoms with van der Waals surface area (Å²) in [7, 11) is 0. The average molecular weight is 128 g/mol. The smallest absolute Gasteiger partial charge is 0.216 e. The molecule has 1 atom stereocenters. The topological polar surface area (TPSA) is 29.5 Å². The number of aliphatic hydroxyl groups excluding tert-OH is 1. The van der Waals surface area contributed by atoms with Crippen LogP contribution in [0.25, 0.3) is 0 Å². The van der Waals surface area contributed by atoms with E-state index >= 15 is 0 Å². The minimum Gasteiger partial charge on any atom is -0.469 e. The molecular weight excluding hydrogens is 116 g/mol. The fourth-order valence-corrected chi connectivity index (χ4v) is 0.261. The van der Waals surface area contributed by atoms with Crippen molar-refractivity contribution in [2.75, 3.05) is 0 Å². The van der Waals surface area contributed by atoms with Crippen LogP contribution in [-0.2, 0) is 4.74 Å². The first-order chi connectivity index (χ1) is 4.16. The van der Waals surface area contributed by atoms with Gasteiger partial charge in [0, 0.05) is 0 Å². The minimum atomic E-state index is -0.875. The standard InChI is InChI=1S/C7H12O2/c1-4-7(8)9-5-6(2)3/h4-5,7-8H,1H2,2-3H3. The quantitative estimate of drug-likeness (QED) is 0.354. The van der Waals surface area contributed by atoms with Crippen LogP contribution in [-0.4, -0.2) is 11.4 Å². The van der Waals surface area contributed by atoms with Gasteiger partial charge in [-0.25, -0.2) is 0 Å². The number of rotatable bonds is 3. The molecule has 0 heterocycles. The molecule has 0 aromatic heterocycles. The third kappa shape index (κ3) is 5.11. The summed E-state index contributed by atoms with van der Waals surface area (Å²) in [5, 5.41) is 8.72. The van der Waals surface area contributed by atoms with Gasteiger partial charge in [-0.2, -0.15) is 0 Å². The number of allylic oxidation sites excluding steroid dienone is 1. The molecule has 0 aromatic rings. The molecule has 0 saturated heterocycles. The van der Waals surface area contributed by atoms with Crippen LogP contribution in [0, 0.1) is 0 Å². The van der Waals surface area contributed by atoms with Crippen LogP contribution in [0.1, 0.15) is 13.8 Å². The summed E-state index contributed by atoms with van der Waals surface area (Å²) in [6.07, 6.45) is 1.94. The van der Waals surface area contributed by atoms with E-state index < -0.39 is 6.29 Å². The third-order valence-electron chi connectivity index (χ3n) is 0.645. The molecule has 0 aliphatic heterocycles. The van der Waals surface area contributed by atoms with Gasteiger partial charge in [-0.3, -0.25) is 0 Å². The molecular formula is C7H12O2. The zero-order valence-corrected chi connectivity index (χ0v) is 5.79. The molecule has 0 spiro atoms.